The fourth-order valence-electron chi connectivity index (χ4n) is 3.81. The van der Waals surface area contributed by atoms with Crippen molar-refractivity contribution in [1.82, 2.24) is 19.6 Å². The predicted octanol–water partition coefficient (Wildman–Crippen LogP) is 0.960. The smallest absolute Gasteiger partial charge is 0.267 e. The van der Waals surface area contributed by atoms with Gasteiger partial charge in [0.25, 0.3) is 5.91 Å². The lowest BCUT2D eigenvalue weighted by Crippen LogP contribution is -2.54. The highest BCUT2D eigenvalue weighted by Gasteiger charge is 2.33. The number of fused-ring (bicyclic) bond motifs is 1. The second-order valence-corrected chi connectivity index (χ2v) is 7.68. The van der Waals surface area contributed by atoms with E-state index in [1.165, 1.54) is 0 Å². The first-order valence-electron chi connectivity index (χ1n) is 10.1. The van der Waals surface area contributed by atoms with Crippen molar-refractivity contribution in [3.63, 3.8) is 0 Å². The minimum Gasteiger partial charge on any atom is -0.485 e. The average molecular weight is 413 g/mol. The second kappa shape index (κ2) is 8.35. The molecule has 2 amide bonds. The number of hydrogen-bond acceptors (Lipinski definition) is 6. The Bertz CT molecular complexity index is 949. The van der Waals surface area contributed by atoms with E-state index in [1.807, 2.05) is 44.0 Å². The summed E-state index contributed by atoms with van der Waals surface area (Å²) < 4.78 is 13.2. The SMILES string of the molecule is Cc1nn(C)c(C)c1NC(=O)CN1CCN(C(=O)[C@@H]2COc3ccccc3O2)CC1. The van der Waals surface area contributed by atoms with Crippen LogP contribution in [0.5, 0.6) is 11.5 Å². The van der Waals surface area contributed by atoms with Gasteiger partial charge in [0, 0.05) is 33.2 Å². The van der Waals surface area contributed by atoms with Gasteiger partial charge in [-0.15, -0.1) is 0 Å². The number of nitrogens with one attached hydrogen (secondary N) is 1. The third-order valence-electron chi connectivity index (χ3n) is 5.61. The van der Waals surface area contributed by atoms with Crippen molar-refractivity contribution in [2.24, 2.45) is 7.05 Å². The monoisotopic (exact) mass is 413 g/mol. The van der Waals surface area contributed by atoms with Gasteiger partial charge < -0.3 is 19.7 Å². The van der Waals surface area contributed by atoms with E-state index >= 15 is 0 Å². The van der Waals surface area contributed by atoms with Crippen molar-refractivity contribution < 1.29 is 19.1 Å². The highest BCUT2D eigenvalue weighted by Crippen LogP contribution is 2.31. The van der Waals surface area contributed by atoms with E-state index in [9.17, 15) is 9.59 Å². The quantitative estimate of drug-likeness (QED) is 0.803. The van der Waals surface area contributed by atoms with E-state index in [0.29, 0.717) is 37.7 Å². The first kappa shape index (κ1) is 20.2. The van der Waals surface area contributed by atoms with E-state index in [2.05, 4.69) is 10.4 Å². The summed E-state index contributed by atoms with van der Waals surface area (Å²) in [4.78, 5) is 29.1. The lowest BCUT2D eigenvalue weighted by molar-refractivity contribution is -0.143. The van der Waals surface area contributed by atoms with Crippen LogP contribution < -0.4 is 14.8 Å². The Morgan fingerprint density at radius 1 is 1.13 bits per heavy atom. The zero-order valence-corrected chi connectivity index (χ0v) is 17.6. The number of amides is 2. The van der Waals surface area contributed by atoms with Crippen LogP contribution in [-0.4, -0.2) is 76.8 Å². The van der Waals surface area contributed by atoms with Gasteiger partial charge in [-0.05, 0) is 26.0 Å². The van der Waals surface area contributed by atoms with Crippen LogP contribution in [0.25, 0.3) is 0 Å². The number of rotatable bonds is 4. The number of aromatic nitrogens is 2. The summed E-state index contributed by atoms with van der Waals surface area (Å²) >= 11 is 0. The molecule has 1 aromatic carbocycles. The Balaban J connectivity index is 1.27. The van der Waals surface area contributed by atoms with Gasteiger partial charge in [0.2, 0.25) is 12.0 Å². The van der Waals surface area contributed by atoms with Crippen LogP contribution in [0.3, 0.4) is 0 Å². The normalized spacial score (nSPS) is 18.9. The molecule has 0 aliphatic carbocycles. The number of para-hydroxylation sites is 2. The van der Waals surface area contributed by atoms with Crippen molar-refractivity contribution in [1.29, 1.82) is 0 Å². The molecule has 0 spiro atoms. The molecule has 1 fully saturated rings. The number of aryl methyl sites for hydroxylation is 2. The van der Waals surface area contributed by atoms with Crippen molar-refractivity contribution in [2.75, 3.05) is 44.6 Å². The third-order valence-corrected chi connectivity index (χ3v) is 5.61. The zero-order chi connectivity index (χ0) is 21.3. The molecule has 2 aliphatic heterocycles. The minimum absolute atomic E-state index is 0.0739. The maximum Gasteiger partial charge on any atom is 0.267 e. The summed E-state index contributed by atoms with van der Waals surface area (Å²) in [5.74, 6) is 1.11. The number of anilines is 1. The van der Waals surface area contributed by atoms with Gasteiger partial charge in [-0.2, -0.15) is 5.10 Å². The Hall–Kier alpha value is -3.07. The molecule has 2 aromatic rings. The predicted molar refractivity (Wildman–Crippen MR) is 111 cm³/mol. The van der Waals surface area contributed by atoms with Crippen LogP contribution >= 0.6 is 0 Å². The molecule has 2 aliphatic rings. The highest BCUT2D eigenvalue weighted by atomic mass is 16.6. The number of nitrogens with zero attached hydrogens (tertiary/aromatic N) is 4. The van der Waals surface area contributed by atoms with Crippen LogP contribution in [-0.2, 0) is 16.6 Å². The van der Waals surface area contributed by atoms with Gasteiger partial charge in [-0.25, -0.2) is 0 Å². The summed E-state index contributed by atoms with van der Waals surface area (Å²) in [7, 11) is 1.86. The molecule has 9 nitrogen and oxygen atoms in total. The van der Waals surface area contributed by atoms with Crippen LogP contribution in [0.15, 0.2) is 24.3 Å². The molecule has 30 heavy (non-hydrogen) atoms. The summed E-state index contributed by atoms with van der Waals surface area (Å²) in [6.07, 6.45) is -0.633. The van der Waals surface area contributed by atoms with Crippen LogP contribution in [0.4, 0.5) is 5.69 Å². The Labute approximate surface area is 175 Å². The number of carbonyl (C=O) groups excluding carboxylic acids is 2. The Kier molecular flexibility index (Phi) is 5.63. The summed E-state index contributed by atoms with van der Waals surface area (Å²) in [5, 5.41) is 7.28. The lowest BCUT2D eigenvalue weighted by Gasteiger charge is -2.36. The molecule has 1 saturated heterocycles. The zero-order valence-electron chi connectivity index (χ0n) is 17.6. The molecule has 0 bridgehead atoms. The van der Waals surface area contributed by atoms with Gasteiger partial charge in [0.05, 0.1) is 23.6 Å². The van der Waals surface area contributed by atoms with Gasteiger partial charge >= 0.3 is 0 Å². The van der Waals surface area contributed by atoms with E-state index in [4.69, 9.17) is 9.47 Å². The number of piperazine rings is 1. The maximum absolute atomic E-state index is 12.8. The summed E-state index contributed by atoms with van der Waals surface area (Å²) in [6, 6.07) is 7.36. The first-order chi connectivity index (χ1) is 14.4. The molecule has 0 radical (unpaired) electrons. The molecule has 1 N–H and O–H groups in total. The number of carbonyl (C=O) groups is 2. The van der Waals surface area contributed by atoms with E-state index < -0.39 is 6.10 Å². The second-order valence-electron chi connectivity index (χ2n) is 7.68. The minimum atomic E-state index is -0.633. The topological polar surface area (TPSA) is 88.9 Å². The van der Waals surface area contributed by atoms with Gasteiger partial charge in [-0.1, -0.05) is 12.1 Å². The molecular formula is C21H27N5O4. The largest absolute Gasteiger partial charge is 0.485 e. The fourth-order valence-corrected chi connectivity index (χ4v) is 3.81. The lowest BCUT2D eigenvalue weighted by atomic mass is 10.2. The van der Waals surface area contributed by atoms with Gasteiger partial charge in [-0.3, -0.25) is 19.2 Å². The number of hydrogen-bond donors (Lipinski definition) is 1. The molecule has 4 rings (SSSR count). The van der Waals surface area contributed by atoms with Crippen LogP contribution in [0.1, 0.15) is 11.4 Å². The third kappa shape index (κ3) is 4.11. The highest BCUT2D eigenvalue weighted by molar-refractivity contribution is 5.93. The van der Waals surface area contributed by atoms with Crippen molar-refractivity contribution in [3.05, 3.63) is 35.7 Å². The summed E-state index contributed by atoms with van der Waals surface area (Å²) in [6.45, 7) is 6.67. The van der Waals surface area contributed by atoms with Gasteiger partial charge in [0.1, 0.15) is 6.61 Å². The van der Waals surface area contributed by atoms with Crippen LogP contribution in [0.2, 0.25) is 0 Å². The van der Waals surface area contributed by atoms with E-state index in [-0.39, 0.29) is 25.0 Å². The molecule has 9 heteroatoms. The molecule has 0 unspecified atom stereocenters. The standard InChI is InChI=1S/C21H27N5O4/c1-14-20(15(2)24(3)23-14)22-19(27)12-25-8-10-26(11-9-25)21(28)18-13-29-16-6-4-5-7-17(16)30-18/h4-7,18H,8-13H2,1-3H3,(H,22,27)/t18-/m0/s1. The van der Waals surface area contributed by atoms with Crippen molar-refractivity contribution >= 4 is 17.5 Å². The maximum atomic E-state index is 12.8. The Morgan fingerprint density at radius 2 is 1.83 bits per heavy atom. The van der Waals surface area contributed by atoms with Gasteiger partial charge in [0.15, 0.2) is 11.5 Å². The molecule has 160 valence electrons. The molecule has 0 saturated carbocycles. The molecule has 1 atom stereocenters. The van der Waals surface area contributed by atoms with E-state index in [0.717, 1.165) is 17.1 Å². The number of ether oxygens (including phenoxy) is 2. The van der Waals surface area contributed by atoms with E-state index in [1.54, 1.807) is 15.6 Å². The molecule has 1 aromatic heterocycles. The fraction of sp³-hybridized carbons (Fsp3) is 0.476. The summed E-state index contributed by atoms with van der Waals surface area (Å²) in [5.41, 5.74) is 2.49. The van der Waals surface area contributed by atoms with Crippen molar-refractivity contribution in [3.8, 4) is 11.5 Å². The first-order valence-corrected chi connectivity index (χ1v) is 10.1. The Morgan fingerprint density at radius 3 is 2.50 bits per heavy atom. The molecule has 3 heterocycles. The average Bonchev–Trinajstić information content (AvgIpc) is 2.99. The number of benzene rings is 1. The van der Waals surface area contributed by atoms with Crippen LogP contribution in [0, 0.1) is 13.8 Å². The van der Waals surface area contributed by atoms with Crippen molar-refractivity contribution in [2.45, 2.75) is 20.0 Å². The molecular weight excluding hydrogens is 386 g/mol.